The molecule has 0 bridgehead atoms. The average molecular weight is 442 g/mol. The van der Waals surface area contributed by atoms with Crippen molar-refractivity contribution in [3.63, 3.8) is 0 Å². The number of rotatable bonds is 3. The maximum Gasteiger partial charge on any atom is 4.00 e. The SMILES string of the molecule is Cc1cccc(C(c2cccc(C)c2)[c-]2ccc(C)c2C)c1.[Cl-].[Cl-].[Cl-].[Ti+4]. The summed E-state index contributed by atoms with van der Waals surface area (Å²) in [4.78, 5) is 0. The van der Waals surface area contributed by atoms with Crippen molar-refractivity contribution >= 4 is 0 Å². The molecule has 0 amide bonds. The van der Waals surface area contributed by atoms with Crippen LogP contribution in [0.15, 0.2) is 60.7 Å². The van der Waals surface area contributed by atoms with Crippen molar-refractivity contribution in [3.05, 3.63) is 99.6 Å². The molecule has 0 N–H and O–H groups in total. The second kappa shape index (κ2) is 12.0. The van der Waals surface area contributed by atoms with Gasteiger partial charge in [-0.1, -0.05) is 73.5 Å². The van der Waals surface area contributed by atoms with Crippen molar-refractivity contribution < 1.29 is 58.9 Å². The largest absolute Gasteiger partial charge is 4.00 e. The molecule has 0 saturated carbocycles. The molecule has 0 saturated heterocycles. The van der Waals surface area contributed by atoms with E-state index in [0.29, 0.717) is 5.92 Å². The van der Waals surface area contributed by atoms with Gasteiger partial charge in [0, 0.05) is 0 Å². The van der Waals surface area contributed by atoms with Crippen LogP contribution in [0.4, 0.5) is 0 Å². The second-order valence-electron chi connectivity index (χ2n) is 6.36. The van der Waals surface area contributed by atoms with Gasteiger partial charge in [-0.05, 0) is 30.9 Å². The Morgan fingerprint density at radius 3 is 1.50 bits per heavy atom. The van der Waals surface area contributed by atoms with Crippen molar-refractivity contribution in [1.29, 1.82) is 0 Å². The first-order chi connectivity index (χ1) is 10.6. The molecule has 0 heterocycles. The molecule has 0 atom stereocenters. The fourth-order valence-corrected chi connectivity index (χ4v) is 3.26. The number of halogens is 3. The Balaban J connectivity index is 0. The Bertz CT molecular complexity index is 763. The normalized spacial score (nSPS) is 9.42. The van der Waals surface area contributed by atoms with Crippen molar-refractivity contribution in [2.45, 2.75) is 33.6 Å². The molecule has 0 spiro atoms. The van der Waals surface area contributed by atoms with E-state index in [0.717, 1.165) is 0 Å². The van der Waals surface area contributed by atoms with Gasteiger partial charge in [0.15, 0.2) is 0 Å². The van der Waals surface area contributed by atoms with E-state index in [1.165, 1.54) is 38.9 Å². The van der Waals surface area contributed by atoms with Gasteiger partial charge < -0.3 is 37.2 Å². The summed E-state index contributed by atoms with van der Waals surface area (Å²) in [6, 6.07) is 22.3. The minimum absolute atomic E-state index is 0. The molecular weight excluding hydrogens is 418 g/mol. The summed E-state index contributed by atoms with van der Waals surface area (Å²) in [6.07, 6.45) is 0. The molecule has 3 aromatic rings. The average Bonchev–Trinajstić information content (AvgIpc) is 2.80. The van der Waals surface area contributed by atoms with E-state index >= 15 is 0 Å². The molecule has 3 rings (SSSR count). The van der Waals surface area contributed by atoms with E-state index in [-0.39, 0.29) is 58.9 Å². The second-order valence-corrected chi connectivity index (χ2v) is 6.36. The molecule has 4 heteroatoms. The van der Waals surface area contributed by atoms with E-state index in [1.807, 2.05) is 0 Å². The summed E-state index contributed by atoms with van der Waals surface area (Å²) >= 11 is 0. The van der Waals surface area contributed by atoms with Crippen LogP contribution in [0, 0.1) is 27.7 Å². The van der Waals surface area contributed by atoms with Crippen molar-refractivity contribution in [2.75, 3.05) is 0 Å². The Labute approximate surface area is 191 Å². The van der Waals surface area contributed by atoms with Gasteiger partial charge in [-0.15, -0.1) is 5.56 Å². The number of hydrogen-bond donors (Lipinski definition) is 0. The van der Waals surface area contributed by atoms with Gasteiger partial charge in [0.05, 0.1) is 0 Å². The summed E-state index contributed by atoms with van der Waals surface area (Å²) in [7, 11) is 0. The van der Waals surface area contributed by atoms with Crippen LogP contribution >= 0.6 is 0 Å². The van der Waals surface area contributed by atoms with Gasteiger partial charge in [-0.25, -0.2) is 6.07 Å². The molecule has 0 unspecified atom stereocenters. The molecule has 0 aliphatic heterocycles. The maximum atomic E-state index is 2.31. The Morgan fingerprint density at radius 2 is 1.15 bits per heavy atom. The molecule has 136 valence electrons. The van der Waals surface area contributed by atoms with Gasteiger partial charge in [0.2, 0.25) is 0 Å². The first-order valence-electron chi connectivity index (χ1n) is 7.92. The maximum absolute atomic E-state index is 2.31. The van der Waals surface area contributed by atoms with Gasteiger partial charge in [-0.3, -0.25) is 0 Å². The fourth-order valence-electron chi connectivity index (χ4n) is 3.26. The molecule has 26 heavy (non-hydrogen) atoms. The predicted molar refractivity (Wildman–Crippen MR) is 94.8 cm³/mol. The van der Waals surface area contributed by atoms with E-state index in [9.17, 15) is 0 Å². The molecule has 0 aliphatic rings. The summed E-state index contributed by atoms with van der Waals surface area (Å²) < 4.78 is 0. The van der Waals surface area contributed by atoms with Gasteiger partial charge >= 0.3 is 21.7 Å². The summed E-state index contributed by atoms with van der Waals surface area (Å²) in [5.74, 6) is 0.313. The minimum Gasteiger partial charge on any atom is -1.00 e. The molecule has 0 nitrogen and oxygen atoms in total. The third-order valence-electron chi connectivity index (χ3n) is 4.60. The van der Waals surface area contributed by atoms with Crippen molar-refractivity contribution in [3.8, 4) is 0 Å². The zero-order valence-electron chi connectivity index (χ0n) is 15.5. The van der Waals surface area contributed by atoms with Crippen LogP contribution in [-0.4, -0.2) is 0 Å². The first-order valence-corrected chi connectivity index (χ1v) is 7.92. The third kappa shape index (κ3) is 5.94. The Hall–Kier alpha value is -0.626. The van der Waals surface area contributed by atoms with E-state index in [1.54, 1.807) is 0 Å². The zero-order valence-corrected chi connectivity index (χ0v) is 19.3. The number of aryl methyl sites for hydroxylation is 3. The standard InChI is InChI=1S/C22H23.3ClH.Ti/c1-15-7-5-9-19(13-15)22(20-10-6-8-16(2)14-20)21-12-11-17(3)18(21)4;;;;/h5-14,22H,1-4H3;3*1H;/q-1;;;;+4/p-3. The summed E-state index contributed by atoms with van der Waals surface area (Å²) in [6.45, 7) is 8.77. The van der Waals surface area contributed by atoms with Crippen LogP contribution in [0.3, 0.4) is 0 Å². The molecule has 0 radical (unpaired) electrons. The number of hydrogen-bond acceptors (Lipinski definition) is 0. The quantitative estimate of drug-likeness (QED) is 0.297. The van der Waals surface area contributed by atoms with E-state index in [4.69, 9.17) is 0 Å². The number of benzene rings is 2. The summed E-state index contributed by atoms with van der Waals surface area (Å²) in [5.41, 5.74) is 9.59. The smallest absolute Gasteiger partial charge is 1.00 e. The molecule has 0 fully saturated rings. The van der Waals surface area contributed by atoms with Crippen LogP contribution in [-0.2, 0) is 21.7 Å². The van der Waals surface area contributed by atoms with Crippen LogP contribution < -0.4 is 37.2 Å². The van der Waals surface area contributed by atoms with Gasteiger partial charge in [0.25, 0.3) is 0 Å². The van der Waals surface area contributed by atoms with Gasteiger partial charge in [0.1, 0.15) is 0 Å². The van der Waals surface area contributed by atoms with E-state index < -0.39 is 0 Å². The van der Waals surface area contributed by atoms with Crippen LogP contribution in [0.2, 0.25) is 0 Å². The Kier molecular flexibility index (Phi) is 12.7. The zero-order chi connectivity index (χ0) is 15.7. The first kappa shape index (κ1) is 27.6. The third-order valence-corrected chi connectivity index (χ3v) is 4.60. The van der Waals surface area contributed by atoms with Crippen molar-refractivity contribution in [2.24, 2.45) is 0 Å². The molecule has 0 aliphatic carbocycles. The van der Waals surface area contributed by atoms with Gasteiger partial charge in [-0.2, -0.15) is 17.2 Å². The topological polar surface area (TPSA) is 0 Å². The molecular formula is C22H23Cl3Ti. The minimum atomic E-state index is 0. The molecule has 3 aromatic carbocycles. The van der Waals surface area contributed by atoms with Crippen LogP contribution in [0.1, 0.15) is 44.9 Å². The predicted octanol–water partition coefficient (Wildman–Crippen LogP) is -3.17. The van der Waals surface area contributed by atoms with Crippen LogP contribution in [0.5, 0.6) is 0 Å². The Morgan fingerprint density at radius 1 is 0.692 bits per heavy atom. The van der Waals surface area contributed by atoms with Crippen molar-refractivity contribution in [1.82, 2.24) is 0 Å². The van der Waals surface area contributed by atoms with Crippen LogP contribution in [0.25, 0.3) is 0 Å². The summed E-state index contributed by atoms with van der Waals surface area (Å²) in [5, 5.41) is 0. The monoisotopic (exact) mass is 440 g/mol. The van der Waals surface area contributed by atoms with E-state index in [2.05, 4.69) is 88.4 Å². The molecule has 0 aromatic heterocycles. The fraction of sp³-hybridized carbons (Fsp3) is 0.227.